The van der Waals surface area contributed by atoms with Gasteiger partial charge in [0.25, 0.3) is 0 Å². The zero-order chi connectivity index (χ0) is 15.3. The van der Waals surface area contributed by atoms with Gasteiger partial charge in [0, 0.05) is 6.54 Å². The summed E-state index contributed by atoms with van der Waals surface area (Å²) in [5.41, 5.74) is 0.190. The second kappa shape index (κ2) is 6.58. The number of benzene rings is 2. The van der Waals surface area contributed by atoms with E-state index in [0.717, 1.165) is 11.6 Å². The van der Waals surface area contributed by atoms with E-state index in [-0.39, 0.29) is 10.8 Å². The first-order valence-electron chi connectivity index (χ1n) is 6.22. The maximum absolute atomic E-state index is 12.8. The normalized spacial score (nSPS) is 11.0. The van der Waals surface area contributed by atoms with Crippen LogP contribution in [0.25, 0.3) is 0 Å². The van der Waals surface area contributed by atoms with Gasteiger partial charge in [-0.1, -0.05) is 42.5 Å². The highest BCUT2D eigenvalue weighted by molar-refractivity contribution is 7.80. The average Bonchev–Trinajstić information content (AvgIpc) is 2.46. The second-order valence-electron chi connectivity index (χ2n) is 4.34. The Hall–Kier alpha value is -2.08. The van der Waals surface area contributed by atoms with Crippen LogP contribution in [0.4, 0.5) is 18.9 Å². The lowest BCUT2D eigenvalue weighted by Crippen LogP contribution is -2.28. The summed E-state index contributed by atoms with van der Waals surface area (Å²) in [6, 6.07) is 14.7. The quantitative estimate of drug-likeness (QED) is 0.831. The van der Waals surface area contributed by atoms with E-state index in [1.165, 1.54) is 18.2 Å². The lowest BCUT2D eigenvalue weighted by molar-refractivity contribution is -0.136. The molecule has 2 N–H and O–H groups in total. The fraction of sp³-hybridized carbons (Fsp3) is 0.133. The number of alkyl halides is 3. The molecule has 6 heteroatoms. The molecule has 0 fully saturated rings. The highest BCUT2D eigenvalue weighted by atomic mass is 32.1. The average molecular weight is 310 g/mol. The van der Waals surface area contributed by atoms with E-state index in [1.54, 1.807) is 0 Å². The molecule has 0 heterocycles. The number of anilines is 1. The lowest BCUT2D eigenvalue weighted by Gasteiger charge is -2.15. The topological polar surface area (TPSA) is 24.1 Å². The molecule has 2 nitrogen and oxygen atoms in total. The predicted octanol–water partition coefficient (Wildman–Crippen LogP) is 4.19. The molecule has 0 saturated carbocycles. The van der Waals surface area contributed by atoms with Crippen LogP contribution in [0.2, 0.25) is 0 Å². The fourth-order valence-electron chi connectivity index (χ4n) is 1.78. The Kier molecular flexibility index (Phi) is 4.80. The van der Waals surface area contributed by atoms with Gasteiger partial charge in [-0.25, -0.2) is 0 Å². The predicted molar refractivity (Wildman–Crippen MR) is 80.9 cm³/mol. The molecule has 0 amide bonds. The van der Waals surface area contributed by atoms with Crippen LogP contribution < -0.4 is 10.6 Å². The van der Waals surface area contributed by atoms with E-state index >= 15 is 0 Å². The van der Waals surface area contributed by atoms with Crippen molar-refractivity contribution in [2.45, 2.75) is 12.7 Å². The first kappa shape index (κ1) is 15.3. The van der Waals surface area contributed by atoms with Crippen LogP contribution in [-0.4, -0.2) is 5.11 Å². The van der Waals surface area contributed by atoms with Crippen molar-refractivity contribution in [3.8, 4) is 0 Å². The fourth-order valence-corrected chi connectivity index (χ4v) is 1.97. The minimum absolute atomic E-state index is 0.0597. The van der Waals surface area contributed by atoms with E-state index in [9.17, 15) is 13.2 Å². The van der Waals surface area contributed by atoms with Crippen molar-refractivity contribution in [1.82, 2.24) is 5.32 Å². The highest BCUT2D eigenvalue weighted by Crippen LogP contribution is 2.34. The molecule has 0 spiro atoms. The van der Waals surface area contributed by atoms with E-state index < -0.39 is 11.7 Å². The van der Waals surface area contributed by atoms with Crippen LogP contribution in [0, 0.1) is 0 Å². The largest absolute Gasteiger partial charge is 0.418 e. The lowest BCUT2D eigenvalue weighted by atomic mass is 10.1. The molecule has 21 heavy (non-hydrogen) atoms. The molecular weight excluding hydrogens is 297 g/mol. The molecule has 0 aliphatic carbocycles. The van der Waals surface area contributed by atoms with Crippen molar-refractivity contribution in [2.75, 3.05) is 5.32 Å². The SMILES string of the molecule is FC(F)(F)c1ccccc1NC(=S)NCc1ccccc1. The van der Waals surface area contributed by atoms with Crippen LogP contribution in [0.15, 0.2) is 54.6 Å². The van der Waals surface area contributed by atoms with Crippen molar-refractivity contribution in [1.29, 1.82) is 0 Å². The second-order valence-corrected chi connectivity index (χ2v) is 4.74. The third kappa shape index (κ3) is 4.46. The van der Waals surface area contributed by atoms with E-state index in [1.807, 2.05) is 30.3 Å². The zero-order valence-corrected chi connectivity index (χ0v) is 11.8. The smallest absolute Gasteiger partial charge is 0.358 e. The summed E-state index contributed by atoms with van der Waals surface area (Å²) < 4.78 is 38.5. The number of hydrogen-bond acceptors (Lipinski definition) is 1. The summed E-state index contributed by atoms with van der Waals surface area (Å²) in [5, 5.41) is 5.62. The van der Waals surface area contributed by atoms with Crippen molar-refractivity contribution in [2.24, 2.45) is 0 Å². The standard InChI is InChI=1S/C15H13F3N2S/c16-15(17,18)12-8-4-5-9-13(12)20-14(21)19-10-11-6-2-1-3-7-11/h1-9H,10H2,(H2,19,20,21). The summed E-state index contributed by atoms with van der Waals surface area (Å²) >= 11 is 5.03. The number of thiocarbonyl (C=S) groups is 1. The molecule has 2 aromatic rings. The van der Waals surface area contributed by atoms with Gasteiger partial charge in [-0.05, 0) is 29.9 Å². The van der Waals surface area contributed by atoms with Crippen LogP contribution in [0.5, 0.6) is 0 Å². The molecule has 0 bridgehead atoms. The summed E-state index contributed by atoms with van der Waals surface area (Å²) in [5.74, 6) is 0. The number of para-hydroxylation sites is 1. The van der Waals surface area contributed by atoms with Gasteiger partial charge in [0.15, 0.2) is 5.11 Å². The molecule has 0 aliphatic rings. The number of hydrogen-bond donors (Lipinski definition) is 2. The summed E-state index contributed by atoms with van der Waals surface area (Å²) in [7, 11) is 0. The minimum atomic E-state index is -4.42. The van der Waals surface area contributed by atoms with Gasteiger partial charge in [-0.15, -0.1) is 0 Å². The molecule has 0 unspecified atom stereocenters. The Bertz CT molecular complexity index is 612. The Balaban J connectivity index is 2.00. The summed E-state index contributed by atoms with van der Waals surface area (Å²) in [6.07, 6.45) is -4.42. The van der Waals surface area contributed by atoms with Crippen LogP contribution >= 0.6 is 12.2 Å². The first-order valence-corrected chi connectivity index (χ1v) is 6.62. The van der Waals surface area contributed by atoms with Crippen molar-refractivity contribution < 1.29 is 13.2 Å². The first-order chi connectivity index (χ1) is 9.97. The number of nitrogens with one attached hydrogen (secondary N) is 2. The van der Waals surface area contributed by atoms with Crippen LogP contribution in [0.3, 0.4) is 0 Å². The highest BCUT2D eigenvalue weighted by Gasteiger charge is 2.33. The van der Waals surface area contributed by atoms with Crippen LogP contribution in [-0.2, 0) is 12.7 Å². The maximum Gasteiger partial charge on any atom is 0.418 e. The van der Waals surface area contributed by atoms with E-state index in [0.29, 0.717) is 6.54 Å². The van der Waals surface area contributed by atoms with Crippen molar-refractivity contribution in [3.05, 3.63) is 65.7 Å². The van der Waals surface area contributed by atoms with E-state index in [4.69, 9.17) is 12.2 Å². The molecule has 0 aliphatic heterocycles. The Morgan fingerprint density at radius 2 is 1.57 bits per heavy atom. The Morgan fingerprint density at radius 1 is 0.952 bits per heavy atom. The number of halogens is 3. The minimum Gasteiger partial charge on any atom is -0.358 e. The third-order valence-electron chi connectivity index (χ3n) is 2.78. The Labute approximate surface area is 126 Å². The van der Waals surface area contributed by atoms with Gasteiger partial charge in [0.2, 0.25) is 0 Å². The van der Waals surface area contributed by atoms with E-state index in [2.05, 4.69) is 10.6 Å². The van der Waals surface area contributed by atoms with Crippen molar-refractivity contribution in [3.63, 3.8) is 0 Å². The zero-order valence-electron chi connectivity index (χ0n) is 10.9. The molecule has 0 saturated heterocycles. The van der Waals surface area contributed by atoms with Gasteiger partial charge < -0.3 is 10.6 Å². The van der Waals surface area contributed by atoms with Gasteiger partial charge in [-0.3, -0.25) is 0 Å². The van der Waals surface area contributed by atoms with Gasteiger partial charge in [0.05, 0.1) is 11.3 Å². The molecule has 110 valence electrons. The van der Waals surface area contributed by atoms with Gasteiger partial charge in [-0.2, -0.15) is 13.2 Å². The van der Waals surface area contributed by atoms with Gasteiger partial charge in [0.1, 0.15) is 0 Å². The molecular formula is C15H13F3N2S. The summed E-state index contributed by atoms with van der Waals surface area (Å²) in [4.78, 5) is 0. The molecule has 2 rings (SSSR count). The molecule has 0 atom stereocenters. The molecule has 2 aromatic carbocycles. The van der Waals surface area contributed by atoms with Crippen molar-refractivity contribution >= 4 is 23.0 Å². The maximum atomic E-state index is 12.8. The van der Waals surface area contributed by atoms with Crippen LogP contribution in [0.1, 0.15) is 11.1 Å². The molecule has 0 aromatic heterocycles. The number of rotatable bonds is 3. The summed E-state index contributed by atoms with van der Waals surface area (Å²) in [6.45, 7) is 0.445. The monoisotopic (exact) mass is 310 g/mol. The Morgan fingerprint density at radius 3 is 2.24 bits per heavy atom. The molecule has 0 radical (unpaired) electrons. The third-order valence-corrected chi connectivity index (χ3v) is 3.02. The van der Waals surface area contributed by atoms with Gasteiger partial charge >= 0.3 is 6.18 Å².